The summed E-state index contributed by atoms with van der Waals surface area (Å²) in [4.78, 5) is 0. The predicted molar refractivity (Wildman–Crippen MR) is 141 cm³/mol. The van der Waals surface area contributed by atoms with Crippen molar-refractivity contribution < 1.29 is 14.4 Å². The van der Waals surface area contributed by atoms with Crippen LogP contribution in [0.5, 0.6) is 0 Å². The van der Waals surface area contributed by atoms with Crippen LogP contribution in [0.3, 0.4) is 0 Å². The van der Waals surface area contributed by atoms with Gasteiger partial charge in [-0.2, -0.15) is 0 Å². The van der Waals surface area contributed by atoms with Gasteiger partial charge in [-0.25, -0.2) is 0 Å². The van der Waals surface area contributed by atoms with Crippen LogP contribution in [0, 0.1) is 11.3 Å². The van der Waals surface area contributed by atoms with Crippen LogP contribution >= 0.6 is 39.1 Å². The van der Waals surface area contributed by atoms with Crippen LogP contribution in [0.25, 0.3) is 11.3 Å². The highest BCUT2D eigenvalue weighted by molar-refractivity contribution is 9.10. The van der Waals surface area contributed by atoms with Gasteiger partial charge in [0.15, 0.2) is 0 Å². The largest absolute Gasteiger partial charge is 0.384 e. The molecule has 3 saturated carbocycles. The van der Waals surface area contributed by atoms with Crippen LogP contribution in [0.2, 0.25) is 10.0 Å². The average molecular weight is 577 g/mol. The summed E-state index contributed by atoms with van der Waals surface area (Å²) >= 11 is 16.6. The van der Waals surface area contributed by atoms with Crippen molar-refractivity contribution in [3.63, 3.8) is 0 Å². The number of halogens is 3. The Morgan fingerprint density at radius 2 is 1.89 bits per heavy atom. The van der Waals surface area contributed by atoms with Crippen molar-refractivity contribution in [2.24, 2.45) is 11.3 Å². The number of nitrogens with zero attached hydrogens (tertiary/aromatic N) is 1. The van der Waals surface area contributed by atoms with E-state index >= 15 is 0 Å². The molecule has 1 aromatic heterocycles. The van der Waals surface area contributed by atoms with Crippen LogP contribution in [0.4, 0.5) is 0 Å². The first-order valence-electron chi connectivity index (χ1n) is 12.3. The molecular weight excluding hydrogens is 549 g/mol. The second-order valence-corrected chi connectivity index (χ2v) is 12.4. The molecule has 0 aliphatic heterocycles. The first kappa shape index (κ1) is 24.0. The Kier molecular flexibility index (Phi) is 6.09. The molecule has 3 aromatic rings. The topological polar surface area (TPSA) is 55.5 Å². The van der Waals surface area contributed by atoms with Gasteiger partial charge < -0.3 is 14.4 Å². The van der Waals surface area contributed by atoms with Gasteiger partial charge in [-0.05, 0) is 74.3 Å². The molecule has 7 heteroatoms. The molecule has 4 atom stereocenters. The van der Waals surface area contributed by atoms with Crippen LogP contribution in [0.15, 0.2) is 51.5 Å². The van der Waals surface area contributed by atoms with Crippen molar-refractivity contribution in [1.82, 2.24) is 5.16 Å². The summed E-state index contributed by atoms with van der Waals surface area (Å²) in [6.45, 7) is 2.61. The lowest BCUT2D eigenvalue weighted by molar-refractivity contribution is -0.157. The van der Waals surface area contributed by atoms with E-state index in [4.69, 9.17) is 32.5 Å². The average Bonchev–Trinajstić information content (AvgIpc) is 3.57. The molecule has 2 aromatic carbocycles. The van der Waals surface area contributed by atoms with Crippen LogP contribution < -0.4 is 0 Å². The molecule has 35 heavy (non-hydrogen) atoms. The summed E-state index contributed by atoms with van der Waals surface area (Å²) in [7, 11) is 0. The Balaban J connectivity index is 1.26. The highest BCUT2D eigenvalue weighted by Gasteiger charge is 2.61. The lowest BCUT2D eigenvalue weighted by Gasteiger charge is -2.49. The zero-order valence-electron chi connectivity index (χ0n) is 19.6. The number of benzene rings is 2. The minimum atomic E-state index is -0.844. The molecule has 3 aliphatic rings. The molecule has 3 aliphatic carbocycles. The molecule has 0 amide bonds. The fraction of sp³-hybridized carbons (Fsp3) is 0.464. The molecule has 6 rings (SSSR count). The van der Waals surface area contributed by atoms with Gasteiger partial charge in [0, 0.05) is 26.9 Å². The Morgan fingerprint density at radius 3 is 2.57 bits per heavy atom. The predicted octanol–water partition coefficient (Wildman–Crippen LogP) is 8.27. The molecule has 1 unspecified atom stereocenters. The van der Waals surface area contributed by atoms with Crippen LogP contribution in [0.1, 0.15) is 68.3 Å². The van der Waals surface area contributed by atoms with Gasteiger partial charge in [0.2, 0.25) is 0 Å². The molecule has 4 nitrogen and oxygen atoms in total. The van der Waals surface area contributed by atoms with Crippen molar-refractivity contribution >= 4 is 39.1 Å². The number of hydrogen-bond acceptors (Lipinski definition) is 4. The van der Waals surface area contributed by atoms with E-state index in [1.54, 1.807) is 0 Å². The fourth-order valence-electron chi connectivity index (χ4n) is 6.52. The van der Waals surface area contributed by atoms with E-state index < -0.39 is 5.60 Å². The van der Waals surface area contributed by atoms with Gasteiger partial charge >= 0.3 is 0 Å². The molecule has 2 bridgehead atoms. The highest BCUT2D eigenvalue weighted by Crippen LogP contribution is 2.63. The van der Waals surface area contributed by atoms with Gasteiger partial charge in [0.25, 0.3) is 0 Å². The maximum absolute atomic E-state index is 12.0. The number of rotatable bonds is 6. The number of ether oxygens (including phenoxy) is 1. The molecular formula is C28H28BrCl2NO3. The minimum absolute atomic E-state index is 0.0523. The minimum Gasteiger partial charge on any atom is -0.384 e. The second-order valence-electron chi connectivity index (χ2n) is 10.7. The summed E-state index contributed by atoms with van der Waals surface area (Å²) in [6.07, 6.45) is 5.87. The summed E-state index contributed by atoms with van der Waals surface area (Å²) in [5, 5.41) is 17.5. The zero-order valence-corrected chi connectivity index (χ0v) is 22.7. The Morgan fingerprint density at radius 1 is 1.14 bits per heavy atom. The van der Waals surface area contributed by atoms with Crippen molar-refractivity contribution in [2.45, 2.75) is 69.7 Å². The summed E-state index contributed by atoms with van der Waals surface area (Å²) < 4.78 is 13.4. The number of aromatic nitrogens is 1. The van der Waals surface area contributed by atoms with E-state index in [1.807, 2.05) is 30.3 Å². The normalized spacial score (nSPS) is 30.1. The van der Waals surface area contributed by atoms with Gasteiger partial charge in [0.1, 0.15) is 11.5 Å². The Hall–Kier alpha value is -1.37. The molecule has 0 spiro atoms. The van der Waals surface area contributed by atoms with Gasteiger partial charge in [-0.3, -0.25) is 0 Å². The molecule has 1 heterocycles. The summed E-state index contributed by atoms with van der Waals surface area (Å²) in [6, 6.07) is 13.6. The maximum atomic E-state index is 12.0. The monoisotopic (exact) mass is 575 g/mol. The van der Waals surface area contributed by atoms with Crippen LogP contribution in [-0.4, -0.2) is 16.4 Å². The van der Waals surface area contributed by atoms with Crippen LogP contribution in [-0.2, 0) is 16.9 Å². The molecule has 0 saturated heterocycles. The SMILES string of the molecule is CC12CC[C@H](C[C@@H](OCc3c(-c4c(Cl)cccc4Cl)noc3C3CC3)C1)[C@@]2(O)c1cccc(Br)c1. The summed E-state index contributed by atoms with van der Waals surface area (Å²) in [5.41, 5.74) is 2.24. The molecule has 0 radical (unpaired) electrons. The van der Waals surface area contributed by atoms with Crippen molar-refractivity contribution in [3.8, 4) is 11.3 Å². The Labute approximate surface area is 224 Å². The van der Waals surface area contributed by atoms with E-state index in [-0.39, 0.29) is 17.4 Å². The van der Waals surface area contributed by atoms with Gasteiger partial charge in [-0.1, -0.05) is 69.4 Å². The lowest BCUT2D eigenvalue weighted by atomic mass is 9.61. The fourth-order valence-corrected chi connectivity index (χ4v) is 7.50. The maximum Gasteiger partial charge on any atom is 0.145 e. The smallest absolute Gasteiger partial charge is 0.145 e. The quantitative estimate of drug-likeness (QED) is 0.321. The second kappa shape index (κ2) is 8.88. The van der Waals surface area contributed by atoms with E-state index in [0.29, 0.717) is 33.8 Å². The Bertz CT molecular complexity index is 1250. The van der Waals surface area contributed by atoms with Gasteiger partial charge in [-0.15, -0.1) is 0 Å². The van der Waals surface area contributed by atoms with Crippen molar-refractivity contribution in [1.29, 1.82) is 0 Å². The van der Waals surface area contributed by atoms with E-state index in [0.717, 1.165) is 59.9 Å². The number of hydrogen-bond donors (Lipinski definition) is 1. The first-order valence-corrected chi connectivity index (χ1v) is 13.9. The third kappa shape index (κ3) is 3.99. The number of fused-ring (bicyclic) bond motifs is 2. The standard InChI is InChI=1S/C28H28BrCl2NO3/c1-27-11-10-18(28(27,33)17-4-2-5-19(29)12-17)13-20(14-27)34-15-21-25(32-35-26(21)16-8-9-16)24-22(30)6-3-7-23(24)31/h2-7,12,16,18,20,33H,8-11,13-15H2,1H3/t18-,20-,27?,28+/m1/s1. The van der Waals surface area contributed by atoms with Crippen molar-refractivity contribution in [2.75, 3.05) is 0 Å². The van der Waals surface area contributed by atoms with Gasteiger partial charge in [0.05, 0.1) is 28.4 Å². The molecule has 3 fully saturated rings. The van der Waals surface area contributed by atoms with E-state index in [2.05, 4.69) is 40.1 Å². The van der Waals surface area contributed by atoms with E-state index in [1.165, 1.54) is 0 Å². The zero-order chi connectivity index (χ0) is 24.4. The van der Waals surface area contributed by atoms with Crippen molar-refractivity contribution in [3.05, 3.63) is 73.9 Å². The summed E-state index contributed by atoms with van der Waals surface area (Å²) in [5.74, 6) is 1.44. The van der Waals surface area contributed by atoms with E-state index in [9.17, 15) is 5.11 Å². The first-order chi connectivity index (χ1) is 16.8. The highest BCUT2D eigenvalue weighted by atomic mass is 79.9. The third-order valence-corrected chi connectivity index (χ3v) is 9.60. The molecule has 1 N–H and O–H groups in total. The molecule has 184 valence electrons. The number of aliphatic hydroxyl groups is 1. The third-order valence-electron chi connectivity index (χ3n) is 8.48. The lowest BCUT2D eigenvalue weighted by Crippen LogP contribution is -2.50.